The van der Waals surface area contributed by atoms with Gasteiger partial charge in [-0.25, -0.2) is 9.59 Å². The number of esters is 2. The average Bonchev–Trinajstić information content (AvgIpc) is 2.28. The van der Waals surface area contributed by atoms with Gasteiger partial charge in [0.1, 0.15) is 6.61 Å². The summed E-state index contributed by atoms with van der Waals surface area (Å²) >= 11 is 0. The summed E-state index contributed by atoms with van der Waals surface area (Å²) in [6, 6.07) is 0. The lowest BCUT2D eigenvalue weighted by atomic mass is 10.6. The molecule has 0 aromatic heterocycles. The molecule has 0 fully saturated rings. The largest absolute Gasteiger partial charge is 0.466 e. The first-order valence-corrected chi connectivity index (χ1v) is 4.62. The second-order valence-electron chi connectivity index (χ2n) is 2.90. The predicted molar refractivity (Wildman–Crippen MR) is 61.9 cm³/mol. The Morgan fingerprint density at radius 3 is 1.94 bits per heavy atom. The summed E-state index contributed by atoms with van der Waals surface area (Å²) in [6.07, 6.45) is 2.27. The Balaban J connectivity index is 0. The summed E-state index contributed by atoms with van der Waals surface area (Å²) in [5.41, 5.74) is 0. The van der Waals surface area contributed by atoms with Gasteiger partial charge in [-0.05, 0) is 14.1 Å². The van der Waals surface area contributed by atoms with Gasteiger partial charge in [0, 0.05) is 18.7 Å². The number of likely N-dealkylation sites (N-methyl/N-ethyl adjacent to an activating group) is 1. The molecule has 0 aliphatic rings. The van der Waals surface area contributed by atoms with Crippen LogP contribution in [0.5, 0.6) is 0 Å². The van der Waals surface area contributed by atoms with E-state index < -0.39 is 5.97 Å². The zero-order valence-corrected chi connectivity index (χ0v) is 10.1. The number of rotatable bonds is 5. The van der Waals surface area contributed by atoms with Gasteiger partial charge in [0.2, 0.25) is 0 Å². The zero-order chi connectivity index (χ0) is 13.0. The van der Waals surface area contributed by atoms with E-state index in [1.807, 2.05) is 19.0 Å². The minimum atomic E-state index is -0.394. The van der Waals surface area contributed by atoms with Crippen LogP contribution in [0.3, 0.4) is 0 Å². The SMILES string of the molecule is C=CC(=O)OC.C=CC(=O)OCCN(C)C. The van der Waals surface area contributed by atoms with Crippen LogP contribution in [0.15, 0.2) is 25.3 Å². The number of nitrogens with zero attached hydrogens (tertiary/aromatic N) is 1. The quantitative estimate of drug-likeness (QED) is 0.511. The second-order valence-corrected chi connectivity index (χ2v) is 2.90. The molecule has 5 heteroatoms. The highest BCUT2D eigenvalue weighted by atomic mass is 16.5. The molecule has 0 saturated heterocycles. The lowest BCUT2D eigenvalue weighted by Crippen LogP contribution is -2.19. The predicted octanol–water partition coefficient (Wildman–Crippen LogP) is 0.623. The van der Waals surface area contributed by atoms with Crippen molar-refractivity contribution in [3.8, 4) is 0 Å². The van der Waals surface area contributed by atoms with Crippen LogP contribution in [0.2, 0.25) is 0 Å². The summed E-state index contributed by atoms with van der Waals surface area (Å²) in [5.74, 6) is -0.753. The molecule has 92 valence electrons. The Morgan fingerprint density at radius 1 is 1.19 bits per heavy atom. The summed E-state index contributed by atoms with van der Waals surface area (Å²) in [7, 11) is 5.15. The Hall–Kier alpha value is -1.62. The molecule has 0 unspecified atom stereocenters. The third-order valence-corrected chi connectivity index (χ3v) is 1.32. The molecule has 0 rings (SSSR count). The van der Waals surface area contributed by atoms with Crippen LogP contribution in [0.25, 0.3) is 0 Å². The second kappa shape index (κ2) is 11.5. The topological polar surface area (TPSA) is 55.8 Å². The van der Waals surface area contributed by atoms with Gasteiger partial charge in [-0.15, -0.1) is 0 Å². The number of hydrogen-bond acceptors (Lipinski definition) is 5. The first-order chi connectivity index (χ1) is 7.47. The highest BCUT2D eigenvalue weighted by molar-refractivity contribution is 5.81. The van der Waals surface area contributed by atoms with Gasteiger partial charge in [-0.1, -0.05) is 13.2 Å². The van der Waals surface area contributed by atoms with E-state index in [0.717, 1.165) is 18.7 Å². The van der Waals surface area contributed by atoms with Gasteiger partial charge in [0.05, 0.1) is 7.11 Å². The van der Waals surface area contributed by atoms with E-state index in [4.69, 9.17) is 4.74 Å². The first kappa shape index (κ1) is 16.8. The van der Waals surface area contributed by atoms with Crippen LogP contribution in [-0.4, -0.2) is 51.2 Å². The van der Waals surface area contributed by atoms with E-state index in [0.29, 0.717) is 6.61 Å². The Labute approximate surface area is 96.3 Å². The summed E-state index contributed by atoms with van der Waals surface area (Å²) in [5, 5.41) is 0. The van der Waals surface area contributed by atoms with Gasteiger partial charge in [0.15, 0.2) is 0 Å². The van der Waals surface area contributed by atoms with Crippen LogP contribution in [-0.2, 0) is 19.1 Å². The van der Waals surface area contributed by atoms with E-state index in [-0.39, 0.29) is 5.97 Å². The van der Waals surface area contributed by atoms with Gasteiger partial charge in [-0.2, -0.15) is 0 Å². The van der Waals surface area contributed by atoms with E-state index in [1.165, 1.54) is 7.11 Å². The van der Waals surface area contributed by atoms with E-state index in [2.05, 4.69) is 17.9 Å². The monoisotopic (exact) mass is 229 g/mol. The maximum absolute atomic E-state index is 10.4. The molecular formula is C11H19NO4. The van der Waals surface area contributed by atoms with E-state index in [1.54, 1.807) is 0 Å². The lowest BCUT2D eigenvalue weighted by molar-refractivity contribution is -0.138. The standard InChI is InChI=1S/C7H13NO2.C4H6O2/c1-4-7(9)10-6-5-8(2)3;1-3-4(5)6-2/h4H,1,5-6H2,2-3H3;3H,1H2,2H3. The molecule has 0 bridgehead atoms. The van der Waals surface area contributed by atoms with Gasteiger partial charge in [0.25, 0.3) is 0 Å². The van der Waals surface area contributed by atoms with Crippen molar-refractivity contribution in [2.75, 3.05) is 34.4 Å². The number of methoxy groups -OCH3 is 1. The fourth-order valence-electron chi connectivity index (χ4n) is 0.471. The maximum Gasteiger partial charge on any atom is 0.330 e. The van der Waals surface area contributed by atoms with Gasteiger partial charge in [-0.3, -0.25) is 0 Å². The Morgan fingerprint density at radius 2 is 1.69 bits per heavy atom. The molecule has 0 aliphatic carbocycles. The van der Waals surface area contributed by atoms with Crippen LogP contribution in [0.4, 0.5) is 0 Å². The summed E-state index contributed by atoms with van der Waals surface area (Å²) in [6.45, 7) is 7.61. The average molecular weight is 229 g/mol. The van der Waals surface area contributed by atoms with Crippen molar-refractivity contribution >= 4 is 11.9 Å². The summed E-state index contributed by atoms with van der Waals surface area (Å²) < 4.78 is 8.85. The molecule has 0 aromatic carbocycles. The van der Waals surface area contributed by atoms with Crippen LogP contribution in [0, 0.1) is 0 Å². The van der Waals surface area contributed by atoms with E-state index >= 15 is 0 Å². The molecule has 0 amide bonds. The minimum Gasteiger partial charge on any atom is -0.466 e. The van der Waals surface area contributed by atoms with Crippen LogP contribution >= 0.6 is 0 Å². The normalized spacial score (nSPS) is 8.50. The highest BCUT2D eigenvalue weighted by Gasteiger charge is 1.94. The molecule has 0 heterocycles. The fourth-order valence-corrected chi connectivity index (χ4v) is 0.471. The molecular weight excluding hydrogens is 210 g/mol. The van der Waals surface area contributed by atoms with Crippen molar-refractivity contribution in [3.05, 3.63) is 25.3 Å². The highest BCUT2D eigenvalue weighted by Crippen LogP contribution is 1.80. The maximum atomic E-state index is 10.4. The number of ether oxygens (including phenoxy) is 2. The van der Waals surface area contributed by atoms with Crippen molar-refractivity contribution in [2.24, 2.45) is 0 Å². The fraction of sp³-hybridized carbons (Fsp3) is 0.455. The van der Waals surface area contributed by atoms with Gasteiger partial charge < -0.3 is 14.4 Å². The Kier molecular flexibility index (Phi) is 12.0. The number of hydrogen-bond donors (Lipinski definition) is 0. The molecule has 0 saturated carbocycles. The summed E-state index contributed by atoms with van der Waals surface area (Å²) in [4.78, 5) is 22.2. The Bertz CT molecular complexity index is 236. The molecule has 0 atom stereocenters. The van der Waals surface area contributed by atoms with E-state index in [9.17, 15) is 9.59 Å². The minimum absolute atomic E-state index is 0.359. The smallest absolute Gasteiger partial charge is 0.330 e. The van der Waals surface area contributed by atoms with Crippen LogP contribution < -0.4 is 0 Å². The molecule has 16 heavy (non-hydrogen) atoms. The van der Waals surface area contributed by atoms with Gasteiger partial charge >= 0.3 is 11.9 Å². The van der Waals surface area contributed by atoms with Crippen molar-refractivity contribution in [1.82, 2.24) is 4.90 Å². The van der Waals surface area contributed by atoms with Crippen molar-refractivity contribution < 1.29 is 19.1 Å². The number of carbonyl (C=O) groups excluding carboxylic acids is 2. The molecule has 0 radical (unpaired) electrons. The van der Waals surface area contributed by atoms with Crippen molar-refractivity contribution in [2.45, 2.75) is 0 Å². The molecule has 5 nitrogen and oxygen atoms in total. The third-order valence-electron chi connectivity index (χ3n) is 1.32. The molecule has 0 spiro atoms. The van der Waals surface area contributed by atoms with Crippen LogP contribution in [0.1, 0.15) is 0 Å². The lowest BCUT2D eigenvalue weighted by Gasteiger charge is -2.07. The van der Waals surface area contributed by atoms with Crippen molar-refractivity contribution in [3.63, 3.8) is 0 Å². The first-order valence-electron chi connectivity index (χ1n) is 4.62. The molecule has 0 N–H and O–H groups in total. The number of carbonyl (C=O) groups is 2. The third kappa shape index (κ3) is 14.9. The van der Waals surface area contributed by atoms with Crippen molar-refractivity contribution in [1.29, 1.82) is 0 Å². The molecule has 0 aromatic rings. The molecule has 0 aliphatic heterocycles. The zero-order valence-electron chi connectivity index (χ0n) is 10.1.